The molecule has 0 aliphatic heterocycles. The molecule has 4 heteroatoms. The Balaban J connectivity index is 2.14. The number of hydrogen-bond acceptors (Lipinski definition) is 2. The quantitative estimate of drug-likeness (QED) is 0.639. The summed E-state index contributed by atoms with van der Waals surface area (Å²) in [7, 11) is 0. The molecule has 0 aromatic rings. The van der Waals surface area contributed by atoms with Crippen LogP contribution in [0.3, 0.4) is 0 Å². The van der Waals surface area contributed by atoms with Crippen LogP contribution in [0.1, 0.15) is 25.7 Å². The average molecular weight is 166 g/mol. The third-order valence-electron chi connectivity index (χ3n) is 2.05. The van der Waals surface area contributed by atoms with Crippen molar-refractivity contribution >= 4 is 0 Å². The molecule has 0 aromatic heterocycles. The first-order chi connectivity index (χ1) is 5.36. The number of alkyl halides is 1. The van der Waals surface area contributed by atoms with E-state index in [1.54, 1.807) is 0 Å². The lowest BCUT2D eigenvalue weighted by molar-refractivity contribution is -0.195. The molecule has 1 fully saturated rings. The summed E-state index contributed by atoms with van der Waals surface area (Å²) in [6, 6.07) is 0. The second kappa shape index (κ2) is 4.62. The maximum Gasteiger partial charge on any atom is 0.188 e. The molecule has 0 bridgehead atoms. The van der Waals surface area contributed by atoms with E-state index in [2.05, 4.69) is 4.94 Å². The van der Waals surface area contributed by atoms with Gasteiger partial charge in [-0.1, -0.05) is 0 Å². The van der Waals surface area contributed by atoms with Crippen LogP contribution in [-0.2, 0) is 9.68 Å². The van der Waals surface area contributed by atoms with Gasteiger partial charge in [0.2, 0.25) is 0 Å². The van der Waals surface area contributed by atoms with Crippen molar-refractivity contribution in [1.29, 1.82) is 0 Å². The zero-order valence-corrected chi connectivity index (χ0v) is 6.26. The molecule has 0 amide bonds. The molecule has 0 heterocycles. The molecule has 0 saturated heterocycles. The molecule has 0 radical (unpaired) electrons. The van der Waals surface area contributed by atoms with Gasteiger partial charge in [0, 0.05) is 0 Å². The molecule has 66 valence electrons. The van der Waals surface area contributed by atoms with Crippen molar-refractivity contribution in [3.63, 3.8) is 0 Å². The Morgan fingerprint density at radius 3 is 2.09 bits per heavy atom. The second-order valence-corrected chi connectivity index (χ2v) is 2.76. The Morgan fingerprint density at radius 1 is 1.09 bits per heavy atom. The Labute approximate surface area is 64.4 Å². The van der Waals surface area contributed by atoms with Gasteiger partial charge in [0.1, 0.15) is 0 Å². The van der Waals surface area contributed by atoms with Gasteiger partial charge in [-0.05, 0) is 30.2 Å². The van der Waals surface area contributed by atoms with Crippen LogP contribution in [0.25, 0.3) is 0 Å². The fraction of sp³-hybridized carbons (Fsp3) is 1.00. The summed E-state index contributed by atoms with van der Waals surface area (Å²) in [5.41, 5.74) is 0. The van der Waals surface area contributed by atoms with Gasteiger partial charge in [-0.15, -0.1) is 0 Å². The van der Waals surface area contributed by atoms with Crippen LogP contribution < -0.4 is 0 Å². The summed E-state index contributed by atoms with van der Waals surface area (Å²) < 4.78 is 27.9. The van der Waals surface area contributed by atoms with Crippen LogP contribution in [0.5, 0.6) is 0 Å². The molecule has 2 nitrogen and oxygen atoms in total. The predicted octanol–water partition coefficient (Wildman–Crippen LogP) is 2.14. The van der Waals surface area contributed by atoms with E-state index in [1.165, 1.54) is 0 Å². The van der Waals surface area contributed by atoms with Gasteiger partial charge in [0.25, 0.3) is 0 Å². The van der Waals surface area contributed by atoms with Crippen molar-refractivity contribution < 1.29 is 18.6 Å². The van der Waals surface area contributed by atoms with Crippen molar-refractivity contribution in [3.05, 3.63) is 0 Å². The third-order valence-corrected chi connectivity index (χ3v) is 2.05. The number of ether oxygens (including phenoxy) is 1. The summed E-state index contributed by atoms with van der Waals surface area (Å²) in [5.74, 6) is 0. The van der Waals surface area contributed by atoms with E-state index < -0.39 is 6.86 Å². The first kappa shape index (κ1) is 8.87. The minimum atomic E-state index is -0.744. The lowest BCUT2D eigenvalue weighted by Crippen LogP contribution is -2.24. The number of rotatable bonds is 3. The van der Waals surface area contributed by atoms with Crippen LogP contribution in [0.4, 0.5) is 8.92 Å². The van der Waals surface area contributed by atoms with Crippen molar-refractivity contribution in [1.82, 2.24) is 0 Å². The molecule has 11 heavy (non-hydrogen) atoms. The zero-order valence-electron chi connectivity index (χ0n) is 6.26. The molecular weight excluding hydrogens is 154 g/mol. The summed E-state index contributed by atoms with van der Waals surface area (Å²) in [6.07, 6.45) is 2.31. The molecular formula is C7H12F2O2. The molecule has 0 atom stereocenters. The molecule has 0 aromatic carbocycles. The minimum Gasteiger partial charge on any atom is -0.347 e. The lowest BCUT2D eigenvalue weighted by atomic mass is 9.95. The predicted molar refractivity (Wildman–Crippen MR) is 35.3 cm³/mol. The largest absolute Gasteiger partial charge is 0.347 e. The Hall–Kier alpha value is -0.220. The van der Waals surface area contributed by atoms with E-state index in [0.29, 0.717) is 25.7 Å². The van der Waals surface area contributed by atoms with Crippen LogP contribution in [-0.4, -0.2) is 19.1 Å². The maximum absolute atomic E-state index is 11.6. The molecule has 0 unspecified atom stereocenters. The highest BCUT2D eigenvalue weighted by molar-refractivity contribution is 4.71. The van der Waals surface area contributed by atoms with Crippen molar-refractivity contribution in [2.45, 2.75) is 37.9 Å². The fourth-order valence-electron chi connectivity index (χ4n) is 1.38. The van der Waals surface area contributed by atoms with Gasteiger partial charge in [-0.2, -0.15) is 4.94 Å². The molecule has 1 saturated carbocycles. The van der Waals surface area contributed by atoms with E-state index in [0.717, 1.165) is 0 Å². The van der Waals surface area contributed by atoms with Gasteiger partial charge >= 0.3 is 0 Å². The van der Waals surface area contributed by atoms with E-state index >= 15 is 0 Å². The van der Waals surface area contributed by atoms with Crippen molar-refractivity contribution in [3.8, 4) is 0 Å². The molecule has 1 aliphatic rings. The first-order valence-electron chi connectivity index (χ1n) is 3.81. The Bertz CT molecular complexity index is 103. The SMILES string of the molecule is FCOC1CCC(OF)CC1. The number of hydrogen-bond donors (Lipinski definition) is 0. The van der Waals surface area contributed by atoms with Gasteiger partial charge in [-0.3, -0.25) is 0 Å². The summed E-state index contributed by atoms with van der Waals surface area (Å²) in [6.45, 7) is -0.744. The van der Waals surface area contributed by atoms with E-state index in [-0.39, 0.29) is 12.2 Å². The van der Waals surface area contributed by atoms with Gasteiger partial charge in [0.05, 0.1) is 12.2 Å². The Kier molecular flexibility index (Phi) is 3.72. The van der Waals surface area contributed by atoms with Crippen LogP contribution >= 0.6 is 0 Å². The lowest BCUT2D eigenvalue weighted by Gasteiger charge is -2.24. The highest BCUT2D eigenvalue weighted by Crippen LogP contribution is 2.23. The van der Waals surface area contributed by atoms with Crippen molar-refractivity contribution in [2.75, 3.05) is 6.86 Å². The van der Waals surface area contributed by atoms with Crippen molar-refractivity contribution in [2.24, 2.45) is 0 Å². The standard InChI is InChI=1S/C7H12F2O2/c8-5-10-6-1-3-7(11-9)4-2-6/h6-7H,1-5H2. The zero-order chi connectivity index (χ0) is 8.10. The van der Waals surface area contributed by atoms with E-state index in [1.807, 2.05) is 0 Å². The van der Waals surface area contributed by atoms with Crippen LogP contribution in [0.15, 0.2) is 0 Å². The topological polar surface area (TPSA) is 18.5 Å². The molecule has 1 rings (SSSR count). The second-order valence-electron chi connectivity index (χ2n) is 2.76. The van der Waals surface area contributed by atoms with E-state index in [9.17, 15) is 8.92 Å². The highest BCUT2D eigenvalue weighted by Gasteiger charge is 2.22. The summed E-state index contributed by atoms with van der Waals surface area (Å²) in [5, 5.41) is 0. The van der Waals surface area contributed by atoms with E-state index in [4.69, 9.17) is 4.74 Å². The molecule has 0 N–H and O–H groups in total. The Morgan fingerprint density at radius 2 is 1.64 bits per heavy atom. The van der Waals surface area contributed by atoms with Crippen LogP contribution in [0.2, 0.25) is 0 Å². The van der Waals surface area contributed by atoms with Gasteiger partial charge < -0.3 is 4.74 Å². The fourth-order valence-corrected chi connectivity index (χ4v) is 1.38. The number of halogens is 2. The van der Waals surface area contributed by atoms with Gasteiger partial charge in [0.15, 0.2) is 6.86 Å². The summed E-state index contributed by atoms with van der Waals surface area (Å²) >= 11 is 0. The van der Waals surface area contributed by atoms with Crippen LogP contribution in [0, 0.1) is 0 Å². The normalized spacial score (nSPS) is 32.2. The minimum absolute atomic E-state index is 0.0357. The molecule has 0 spiro atoms. The molecule has 1 aliphatic carbocycles. The highest BCUT2D eigenvalue weighted by atomic mass is 19.3. The average Bonchev–Trinajstić information content (AvgIpc) is 2.07. The monoisotopic (exact) mass is 166 g/mol. The first-order valence-corrected chi connectivity index (χ1v) is 3.81. The summed E-state index contributed by atoms with van der Waals surface area (Å²) in [4.78, 5) is 3.67. The smallest absolute Gasteiger partial charge is 0.188 e. The maximum atomic E-state index is 11.6. The van der Waals surface area contributed by atoms with Gasteiger partial charge in [-0.25, -0.2) is 4.39 Å². The third kappa shape index (κ3) is 2.71.